The highest BCUT2D eigenvalue weighted by Crippen LogP contribution is 2.23. The van der Waals surface area contributed by atoms with Gasteiger partial charge in [-0.1, -0.05) is 17.7 Å². The molecule has 0 atom stereocenters. The highest BCUT2D eigenvalue weighted by molar-refractivity contribution is 9.10. The molecule has 2 rings (SSSR count). The van der Waals surface area contributed by atoms with Gasteiger partial charge in [0.2, 0.25) is 0 Å². The summed E-state index contributed by atoms with van der Waals surface area (Å²) in [6.07, 6.45) is 1.38. The second-order valence-electron chi connectivity index (χ2n) is 3.65. The van der Waals surface area contributed by atoms with Crippen LogP contribution in [0.25, 0.3) is 0 Å². The number of nitrogens with one attached hydrogen (secondary N) is 1. The molecule has 19 heavy (non-hydrogen) atoms. The van der Waals surface area contributed by atoms with Crippen molar-refractivity contribution in [1.29, 1.82) is 0 Å². The molecular weight excluding hydrogens is 337 g/mol. The number of nitrogen functional groups attached to an aromatic ring is 1. The second kappa shape index (κ2) is 5.54. The van der Waals surface area contributed by atoms with Gasteiger partial charge in [0.1, 0.15) is 5.82 Å². The lowest BCUT2D eigenvalue weighted by molar-refractivity contribution is 0.102. The van der Waals surface area contributed by atoms with Crippen molar-refractivity contribution in [3.8, 4) is 0 Å². The van der Waals surface area contributed by atoms with Crippen molar-refractivity contribution in [3.05, 3.63) is 51.3 Å². The Bertz CT molecular complexity index is 651. The molecule has 1 aromatic heterocycles. The van der Waals surface area contributed by atoms with E-state index in [0.29, 0.717) is 10.2 Å². The number of hydrogen-bond acceptors (Lipinski definition) is 3. The third-order valence-electron chi connectivity index (χ3n) is 2.29. The normalized spacial score (nSPS) is 10.3. The van der Waals surface area contributed by atoms with E-state index in [1.807, 2.05) is 0 Å². The van der Waals surface area contributed by atoms with E-state index < -0.39 is 11.7 Å². The number of benzene rings is 1. The summed E-state index contributed by atoms with van der Waals surface area (Å²) in [4.78, 5) is 15.9. The van der Waals surface area contributed by atoms with Gasteiger partial charge in [0.15, 0.2) is 5.82 Å². The Balaban J connectivity index is 2.28. The van der Waals surface area contributed by atoms with Crippen LogP contribution in [0, 0.1) is 5.82 Å². The molecule has 4 nitrogen and oxygen atoms in total. The number of halogens is 3. The molecule has 0 bridgehead atoms. The lowest BCUT2D eigenvalue weighted by atomic mass is 10.2. The molecule has 0 aliphatic heterocycles. The van der Waals surface area contributed by atoms with Crippen LogP contribution in [0.2, 0.25) is 5.02 Å². The molecule has 98 valence electrons. The summed E-state index contributed by atoms with van der Waals surface area (Å²) in [7, 11) is 0. The first kappa shape index (κ1) is 13.8. The van der Waals surface area contributed by atoms with Crippen molar-refractivity contribution in [1.82, 2.24) is 4.98 Å². The number of nitrogens with two attached hydrogens (primary N) is 1. The predicted molar refractivity (Wildman–Crippen MR) is 75.7 cm³/mol. The van der Waals surface area contributed by atoms with Crippen LogP contribution in [-0.2, 0) is 0 Å². The fourth-order valence-electron chi connectivity index (χ4n) is 1.40. The van der Waals surface area contributed by atoms with Crippen LogP contribution in [0.15, 0.2) is 34.9 Å². The summed E-state index contributed by atoms with van der Waals surface area (Å²) in [6, 6.07) is 5.77. The van der Waals surface area contributed by atoms with Gasteiger partial charge in [0, 0.05) is 0 Å². The summed E-state index contributed by atoms with van der Waals surface area (Å²) in [5, 5.41) is 2.36. The summed E-state index contributed by atoms with van der Waals surface area (Å²) in [6.45, 7) is 0. The molecule has 1 aromatic carbocycles. The Hall–Kier alpha value is -1.66. The van der Waals surface area contributed by atoms with E-state index in [4.69, 9.17) is 17.3 Å². The minimum atomic E-state index is -0.770. The maximum atomic E-state index is 13.7. The van der Waals surface area contributed by atoms with Crippen molar-refractivity contribution in [2.75, 3.05) is 11.1 Å². The van der Waals surface area contributed by atoms with Gasteiger partial charge in [-0.15, -0.1) is 0 Å². The number of nitrogens with zero attached hydrogens (tertiary/aromatic N) is 1. The van der Waals surface area contributed by atoms with Gasteiger partial charge in [-0.3, -0.25) is 4.79 Å². The van der Waals surface area contributed by atoms with Crippen LogP contribution in [0.5, 0.6) is 0 Å². The molecule has 1 amide bonds. The highest BCUT2D eigenvalue weighted by Gasteiger charge is 2.15. The summed E-state index contributed by atoms with van der Waals surface area (Å²) >= 11 is 8.82. The van der Waals surface area contributed by atoms with Gasteiger partial charge in [-0.05, 0) is 34.1 Å². The number of rotatable bonds is 2. The van der Waals surface area contributed by atoms with Gasteiger partial charge in [-0.2, -0.15) is 0 Å². The van der Waals surface area contributed by atoms with Crippen molar-refractivity contribution < 1.29 is 9.18 Å². The lowest BCUT2D eigenvalue weighted by Crippen LogP contribution is -2.15. The number of hydrogen-bond donors (Lipinski definition) is 2. The fourth-order valence-corrected chi connectivity index (χ4v) is 2.04. The quantitative estimate of drug-likeness (QED) is 0.876. The zero-order chi connectivity index (χ0) is 14.0. The van der Waals surface area contributed by atoms with Gasteiger partial charge in [0.25, 0.3) is 5.91 Å². The number of anilines is 2. The van der Waals surface area contributed by atoms with Crippen LogP contribution in [0.4, 0.5) is 15.9 Å². The Morgan fingerprint density at radius 3 is 2.89 bits per heavy atom. The third-order valence-corrected chi connectivity index (χ3v) is 3.19. The number of amides is 1. The maximum absolute atomic E-state index is 13.7. The van der Waals surface area contributed by atoms with Crippen LogP contribution in [0.3, 0.4) is 0 Å². The van der Waals surface area contributed by atoms with Crippen molar-refractivity contribution in [3.63, 3.8) is 0 Å². The van der Waals surface area contributed by atoms with E-state index in [-0.39, 0.29) is 16.4 Å². The van der Waals surface area contributed by atoms with Crippen LogP contribution in [-0.4, -0.2) is 10.9 Å². The second-order valence-corrected chi connectivity index (χ2v) is 4.92. The Kier molecular flexibility index (Phi) is 4.01. The van der Waals surface area contributed by atoms with Gasteiger partial charge < -0.3 is 11.1 Å². The van der Waals surface area contributed by atoms with E-state index >= 15 is 0 Å². The standard InChI is InChI=1S/C12H8BrClFN3O/c13-8-4-6(16)5-17-11(8)18-12(19)7-2-1-3-9(14)10(7)15/h1-5H,16H2,(H,17,18,19). The predicted octanol–water partition coefficient (Wildman–Crippen LogP) is 3.47. The Morgan fingerprint density at radius 2 is 2.21 bits per heavy atom. The summed E-state index contributed by atoms with van der Waals surface area (Å²) in [5.41, 5.74) is 5.82. The van der Waals surface area contributed by atoms with Crippen LogP contribution < -0.4 is 11.1 Å². The maximum Gasteiger partial charge on any atom is 0.259 e. The third kappa shape index (κ3) is 3.02. The molecule has 0 spiro atoms. The monoisotopic (exact) mass is 343 g/mol. The topological polar surface area (TPSA) is 68.0 Å². The highest BCUT2D eigenvalue weighted by atomic mass is 79.9. The molecule has 0 saturated heterocycles. The largest absolute Gasteiger partial charge is 0.397 e. The zero-order valence-electron chi connectivity index (χ0n) is 9.45. The smallest absolute Gasteiger partial charge is 0.259 e. The molecule has 0 fully saturated rings. The number of pyridine rings is 1. The fraction of sp³-hybridized carbons (Fsp3) is 0. The van der Waals surface area contributed by atoms with Crippen molar-refractivity contribution in [2.24, 2.45) is 0 Å². The number of carbonyl (C=O) groups is 1. The van der Waals surface area contributed by atoms with Gasteiger partial charge in [0.05, 0.1) is 26.9 Å². The SMILES string of the molecule is Nc1cnc(NC(=O)c2cccc(Cl)c2F)c(Br)c1. The van der Waals surface area contributed by atoms with E-state index in [1.54, 1.807) is 6.07 Å². The Labute approximate surface area is 121 Å². The lowest BCUT2D eigenvalue weighted by Gasteiger charge is -2.08. The Morgan fingerprint density at radius 1 is 1.47 bits per heavy atom. The first-order valence-electron chi connectivity index (χ1n) is 5.15. The molecular formula is C12H8BrClFN3O. The van der Waals surface area contributed by atoms with E-state index in [2.05, 4.69) is 26.2 Å². The molecule has 7 heteroatoms. The summed E-state index contributed by atoms with van der Waals surface area (Å²) in [5.74, 6) is -1.16. The van der Waals surface area contributed by atoms with Gasteiger partial charge in [-0.25, -0.2) is 9.37 Å². The van der Waals surface area contributed by atoms with Crippen LogP contribution in [0.1, 0.15) is 10.4 Å². The molecule has 2 aromatic rings. The number of aromatic nitrogens is 1. The van der Waals surface area contributed by atoms with Gasteiger partial charge >= 0.3 is 0 Å². The molecule has 0 aliphatic rings. The molecule has 3 N–H and O–H groups in total. The molecule has 1 heterocycles. The zero-order valence-corrected chi connectivity index (χ0v) is 11.8. The minimum absolute atomic E-state index is 0.114. The average molecular weight is 345 g/mol. The molecule has 0 radical (unpaired) electrons. The first-order valence-corrected chi connectivity index (χ1v) is 6.32. The van der Waals surface area contributed by atoms with E-state index in [0.717, 1.165) is 0 Å². The molecule has 0 unspecified atom stereocenters. The first-order chi connectivity index (χ1) is 8.99. The van der Waals surface area contributed by atoms with Crippen molar-refractivity contribution >= 4 is 44.9 Å². The molecule has 0 saturated carbocycles. The molecule has 0 aliphatic carbocycles. The van der Waals surface area contributed by atoms with Crippen molar-refractivity contribution in [2.45, 2.75) is 0 Å². The number of carbonyl (C=O) groups excluding carboxylic acids is 1. The van der Waals surface area contributed by atoms with E-state index in [9.17, 15) is 9.18 Å². The minimum Gasteiger partial charge on any atom is -0.397 e. The van der Waals surface area contributed by atoms with Crippen LogP contribution >= 0.6 is 27.5 Å². The summed E-state index contributed by atoms with van der Waals surface area (Å²) < 4.78 is 14.2. The van der Waals surface area contributed by atoms with E-state index in [1.165, 1.54) is 24.4 Å². The average Bonchev–Trinajstić information content (AvgIpc) is 2.36.